The molecule has 1 unspecified atom stereocenters. The van der Waals surface area contributed by atoms with E-state index in [1.165, 1.54) is 6.07 Å². The van der Waals surface area contributed by atoms with Gasteiger partial charge >= 0.3 is 0 Å². The van der Waals surface area contributed by atoms with E-state index < -0.39 is 11.6 Å². The molecule has 0 saturated heterocycles. The van der Waals surface area contributed by atoms with Crippen molar-refractivity contribution < 1.29 is 13.5 Å². The first-order chi connectivity index (χ1) is 9.56. The zero-order valence-corrected chi connectivity index (χ0v) is 11.7. The third-order valence-corrected chi connectivity index (χ3v) is 3.39. The van der Waals surface area contributed by atoms with Crippen LogP contribution in [0.1, 0.15) is 18.5 Å². The maximum absolute atomic E-state index is 13.4. The molecule has 2 nitrogen and oxygen atoms in total. The molecule has 0 spiro atoms. The average molecular weight is 277 g/mol. The van der Waals surface area contributed by atoms with E-state index >= 15 is 0 Å². The molecule has 0 aromatic heterocycles. The third kappa shape index (κ3) is 2.80. The Bertz CT molecular complexity index is 613. The fraction of sp³-hybridized carbons (Fsp3) is 0.250. The Morgan fingerprint density at radius 3 is 2.40 bits per heavy atom. The molecule has 1 atom stereocenters. The highest BCUT2D eigenvalue weighted by atomic mass is 19.2. The largest absolute Gasteiger partial charge is 0.496 e. The zero-order valence-electron chi connectivity index (χ0n) is 11.7. The molecule has 2 rings (SSSR count). The molecule has 2 aromatic rings. The van der Waals surface area contributed by atoms with Gasteiger partial charge in [0.25, 0.3) is 0 Å². The Kier molecular flexibility index (Phi) is 4.35. The summed E-state index contributed by atoms with van der Waals surface area (Å²) < 4.78 is 31.7. The first-order valence-electron chi connectivity index (χ1n) is 6.37. The number of nitrogens with one attached hydrogen (secondary N) is 1. The van der Waals surface area contributed by atoms with Gasteiger partial charge in [0.15, 0.2) is 11.6 Å². The lowest BCUT2D eigenvalue weighted by molar-refractivity contribution is 0.416. The summed E-state index contributed by atoms with van der Waals surface area (Å²) in [7, 11) is 3.42. The first kappa shape index (κ1) is 14.5. The van der Waals surface area contributed by atoms with Crippen molar-refractivity contribution in [2.75, 3.05) is 14.2 Å². The van der Waals surface area contributed by atoms with Crippen LogP contribution in [0.5, 0.6) is 5.75 Å². The van der Waals surface area contributed by atoms with Crippen LogP contribution in [0.3, 0.4) is 0 Å². The van der Waals surface area contributed by atoms with Crippen molar-refractivity contribution in [2.24, 2.45) is 0 Å². The summed E-state index contributed by atoms with van der Waals surface area (Å²) in [5.74, 6) is -1.09. The van der Waals surface area contributed by atoms with Gasteiger partial charge in [-0.15, -0.1) is 0 Å². The maximum atomic E-state index is 13.4. The predicted octanol–water partition coefficient (Wildman–Crippen LogP) is 3.92. The van der Waals surface area contributed by atoms with Gasteiger partial charge in [-0.1, -0.05) is 12.1 Å². The normalized spacial score (nSPS) is 12.2. The Balaban J connectivity index is 2.54. The van der Waals surface area contributed by atoms with E-state index in [1.807, 2.05) is 32.2 Å². The minimum Gasteiger partial charge on any atom is -0.496 e. The van der Waals surface area contributed by atoms with Crippen molar-refractivity contribution in [3.8, 4) is 16.9 Å². The van der Waals surface area contributed by atoms with Crippen LogP contribution in [-0.4, -0.2) is 14.2 Å². The molecule has 1 N–H and O–H groups in total. The van der Waals surface area contributed by atoms with Crippen LogP contribution in [0, 0.1) is 11.6 Å². The van der Waals surface area contributed by atoms with Gasteiger partial charge in [0.1, 0.15) is 5.75 Å². The molecule has 106 valence electrons. The molecule has 4 heteroatoms. The van der Waals surface area contributed by atoms with Gasteiger partial charge < -0.3 is 10.1 Å². The minimum absolute atomic E-state index is 0.157. The number of rotatable bonds is 4. The second kappa shape index (κ2) is 6.01. The van der Waals surface area contributed by atoms with E-state index in [9.17, 15) is 8.78 Å². The fourth-order valence-electron chi connectivity index (χ4n) is 2.05. The molecule has 0 aliphatic rings. The highest BCUT2D eigenvalue weighted by molar-refractivity contribution is 5.71. The molecule has 0 bridgehead atoms. The lowest BCUT2D eigenvalue weighted by Gasteiger charge is -2.15. The number of hydrogen-bond donors (Lipinski definition) is 1. The summed E-state index contributed by atoms with van der Waals surface area (Å²) in [6.07, 6.45) is 0. The van der Waals surface area contributed by atoms with E-state index in [2.05, 4.69) is 5.32 Å². The van der Waals surface area contributed by atoms with Gasteiger partial charge in [-0.3, -0.25) is 0 Å². The summed E-state index contributed by atoms with van der Waals surface area (Å²) in [6.45, 7) is 2.02. The summed E-state index contributed by atoms with van der Waals surface area (Å²) >= 11 is 0. The summed E-state index contributed by atoms with van der Waals surface area (Å²) in [4.78, 5) is 0. The highest BCUT2D eigenvalue weighted by Crippen LogP contribution is 2.33. The third-order valence-electron chi connectivity index (χ3n) is 3.39. The lowest BCUT2D eigenvalue weighted by Crippen LogP contribution is -2.12. The number of methoxy groups -OCH3 is 1. The molecular formula is C16H17F2NO. The molecule has 0 aliphatic heterocycles. The topological polar surface area (TPSA) is 21.3 Å². The second-order valence-corrected chi connectivity index (χ2v) is 4.60. The van der Waals surface area contributed by atoms with E-state index in [4.69, 9.17) is 4.74 Å². The Morgan fingerprint density at radius 2 is 1.80 bits per heavy atom. The summed E-state index contributed by atoms with van der Waals surface area (Å²) in [5, 5.41) is 3.14. The molecule has 2 aromatic carbocycles. The molecule has 0 heterocycles. The number of hydrogen-bond acceptors (Lipinski definition) is 2. The molecule has 0 aliphatic carbocycles. The van der Waals surface area contributed by atoms with Gasteiger partial charge in [-0.2, -0.15) is 0 Å². The van der Waals surface area contributed by atoms with Gasteiger partial charge in [0, 0.05) is 11.6 Å². The van der Waals surface area contributed by atoms with Crippen LogP contribution in [0.2, 0.25) is 0 Å². The first-order valence-corrected chi connectivity index (χ1v) is 6.37. The number of benzene rings is 2. The van der Waals surface area contributed by atoms with Crippen molar-refractivity contribution >= 4 is 0 Å². The fourth-order valence-corrected chi connectivity index (χ4v) is 2.05. The molecule has 0 amide bonds. The number of ether oxygens (including phenoxy) is 1. The van der Waals surface area contributed by atoms with E-state index in [0.717, 1.165) is 17.2 Å². The monoisotopic (exact) mass is 277 g/mol. The predicted molar refractivity (Wildman–Crippen MR) is 75.8 cm³/mol. The zero-order chi connectivity index (χ0) is 14.7. The van der Waals surface area contributed by atoms with Crippen molar-refractivity contribution in [2.45, 2.75) is 13.0 Å². The van der Waals surface area contributed by atoms with Crippen LogP contribution in [-0.2, 0) is 0 Å². The van der Waals surface area contributed by atoms with Gasteiger partial charge in [0.2, 0.25) is 0 Å². The molecule has 0 radical (unpaired) electrons. The van der Waals surface area contributed by atoms with Crippen molar-refractivity contribution in [1.29, 1.82) is 0 Å². The van der Waals surface area contributed by atoms with Crippen LogP contribution in [0.25, 0.3) is 11.1 Å². The molecule has 20 heavy (non-hydrogen) atoms. The second-order valence-electron chi connectivity index (χ2n) is 4.60. The van der Waals surface area contributed by atoms with Gasteiger partial charge in [0.05, 0.1) is 7.11 Å². The van der Waals surface area contributed by atoms with Crippen LogP contribution in [0.15, 0.2) is 36.4 Å². The SMILES string of the molecule is CNC(C)c1ccc(OC)c(-c2ccc(F)c(F)c2)c1. The van der Waals surface area contributed by atoms with Gasteiger partial charge in [-0.05, 0) is 49.4 Å². The minimum atomic E-state index is -0.864. The summed E-state index contributed by atoms with van der Waals surface area (Å²) in [5.41, 5.74) is 2.38. The molecular weight excluding hydrogens is 260 g/mol. The smallest absolute Gasteiger partial charge is 0.159 e. The van der Waals surface area contributed by atoms with Crippen LogP contribution >= 0.6 is 0 Å². The Labute approximate surface area is 117 Å². The Morgan fingerprint density at radius 1 is 1.05 bits per heavy atom. The van der Waals surface area contributed by atoms with E-state index in [-0.39, 0.29) is 6.04 Å². The maximum Gasteiger partial charge on any atom is 0.159 e. The average Bonchev–Trinajstić information content (AvgIpc) is 2.48. The van der Waals surface area contributed by atoms with E-state index in [1.54, 1.807) is 13.2 Å². The van der Waals surface area contributed by atoms with Gasteiger partial charge in [-0.25, -0.2) is 8.78 Å². The molecule has 0 fully saturated rings. The van der Waals surface area contributed by atoms with E-state index in [0.29, 0.717) is 11.3 Å². The Hall–Kier alpha value is -1.94. The van der Waals surface area contributed by atoms with Crippen LogP contribution < -0.4 is 10.1 Å². The summed E-state index contributed by atoms with van der Waals surface area (Å²) in [6, 6.07) is 9.71. The van der Waals surface area contributed by atoms with Crippen molar-refractivity contribution in [3.05, 3.63) is 53.6 Å². The quantitative estimate of drug-likeness (QED) is 0.914. The highest BCUT2D eigenvalue weighted by Gasteiger charge is 2.12. The standard InChI is InChI=1S/C16H17F2NO/c1-10(19-2)11-5-7-16(20-3)13(8-11)12-4-6-14(17)15(18)9-12/h4-10,19H,1-3H3. The van der Waals surface area contributed by atoms with Crippen molar-refractivity contribution in [3.63, 3.8) is 0 Å². The van der Waals surface area contributed by atoms with Crippen LogP contribution in [0.4, 0.5) is 8.78 Å². The molecule has 0 saturated carbocycles. The number of halogens is 2. The van der Waals surface area contributed by atoms with Crippen molar-refractivity contribution in [1.82, 2.24) is 5.32 Å². The lowest BCUT2D eigenvalue weighted by atomic mass is 9.99.